The minimum atomic E-state index is -1.61. The monoisotopic (exact) mass is 369 g/mol. The Kier molecular flexibility index (Phi) is 6.58. The van der Waals surface area contributed by atoms with Crippen LogP contribution in [0.25, 0.3) is 0 Å². The molecule has 0 aromatic heterocycles. The highest BCUT2D eigenvalue weighted by Crippen LogP contribution is 2.27. The number of nitrogens with zero attached hydrogens (tertiary/aromatic N) is 1. The van der Waals surface area contributed by atoms with Crippen molar-refractivity contribution in [1.82, 2.24) is 5.43 Å². The van der Waals surface area contributed by atoms with E-state index in [1.165, 1.54) is 0 Å². The maximum Gasteiger partial charge on any atom is 0.345 e. The zero-order chi connectivity index (χ0) is 20.0. The van der Waals surface area contributed by atoms with Crippen molar-refractivity contribution in [3.63, 3.8) is 0 Å². The zero-order valence-electron chi connectivity index (χ0n) is 16.1. The highest BCUT2D eigenvalue weighted by molar-refractivity contribution is 6.04. The number of nitrogens with one attached hydrogen (secondary N) is 2. The maximum atomic E-state index is 12.9. The number of carbonyl (C=O) groups is 2. The Labute approximate surface area is 160 Å². The molecule has 0 bridgehead atoms. The molecule has 3 amide bonds. The van der Waals surface area contributed by atoms with Gasteiger partial charge in [-0.2, -0.15) is 0 Å². The predicted molar refractivity (Wildman–Crippen MR) is 107 cm³/mol. The van der Waals surface area contributed by atoms with Gasteiger partial charge in [0.15, 0.2) is 0 Å². The average Bonchev–Trinajstić information content (AvgIpc) is 2.66. The van der Waals surface area contributed by atoms with Gasteiger partial charge in [0, 0.05) is 5.69 Å². The molecule has 0 heterocycles. The van der Waals surface area contributed by atoms with Gasteiger partial charge in [0.1, 0.15) is 5.60 Å². The number of anilines is 2. The molecular formula is C21H27N3O3. The molecule has 3 N–H and O–H groups in total. The second-order valence-corrected chi connectivity index (χ2v) is 7.04. The molecule has 6 nitrogen and oxygen atoms in total. The second-order valence-electron chi connectivity index (χ2n) is 7.04. The summed E-state index contributed by atoms with van der Waals surface area (Å²) in [4.78, 5) is 25.7. The van der Waals surface area contributed by atoms with Crippen LogP contribution in [-0.2, 0) is 4.79 Å². The average molecular weight is 369 g/mol. The smallest absolute Gasteiger partial charge is 0.345 e. The molecule has 0 unspecified atom stereocenters. The lowest BCUT2D eigenvalue weighted by Crippen LogP contribution is -2.60. The lowest BCUT2D eigenvalue weighted by Gasteiger charge is -2.36. The molecule has 0 saturated carbocycles. The standard InChI is InChI=1S/C21H27N3O3/c1-15(2)21(27,16(3)4)19(25)23-24(18-13-9-6-10-14-18)20(26)22-17-11-7-5-8-12-17/h5-16,27H,1-4H3,(H,22,26)(H,23,25). The van der Waals surface area contributed by atoms with E-state index < -0.39 is 17.5 Å². The Bertz CT molecular complexity index is 753. The summed E-state index contributed by atoms with van der Waals surface area (Å²) in [6, 6.07) is 17.2. The number of hydrazine groups is 1. The Morgan fingerprint density at radius 1 is 0.889 bits per heavy atom. The highest BCUT2D eigenvalue weighted by atomic mass is 16.3. The summed E-state index contributed by atoms with van der Waals surface area (Å²) in [6.07, 6.45) is 0. The Balaban J connectivity index is 2.31. The number of hydrogen-bond acceptors (Lipinski definition) is 3. The first-order valence-corrected chi connectivity index (χ1v) is 9.01. The summed E-state index contributed by atoms with van der Waals surface area (Å²) < 4.78 is 0. The molecule has 2 aromatic rings. The van der Waals surface area contributed by atoms with Crippen LogP contribution in [0.1, 0.15) is 27.7 Å². The van der Waals surface area contributed by atoms with Gasteiger partial charge in [-0.05, 0) is 36.1 Å². The Morgan fingerprint density at radius 2 is 1.37 bits per heavy atom. The molecule has 0 aliphatic carbocycles. The molecule has 0 aliphatic heterocycles. The first-order valence-electron chi connectivity index (χ1n) is 9.01. The van der Waals surface area contributed by atoms with Gasteiger partial charge in [-0.1, -0.05) is 64.1 Å². The van der Waals surface area contributed by atoms with E-state index in [2.05, 4.69) is 10.7 Å². The van der Waals surface area contributed by atoms with Crippen molar-refractivity contribution in [3.05, 3.63) is 60.7 Å². The van der Waals surface area contributed by atoms with Gasteiger partial charge >= 0.3 is 6.03 Å². The zero-order valence-corrected chi connectivity index (χ0v) is 16.1. The lowest BCUT2D eigenvalue weighted by atomic mass is 9.80. The van der Waals surface area contributed by atoms with Crippen LogP contribution in [0.4, 0.5) is 16.2 Å². The number of carbonyl (C=O) groups excluding carboxylic acids is 2. The molecule has 2 rings (SSSR count). The lowest BCUT2D eigenvalue weighted by molar-refractivity contribution is -0.150. The van der Waals surface area contributed by atoms with Crippen molar-refractivity contribution in [2.75, 3.05) is 10.3 Å². The van der Waals surface area contributed by atoms with Gasteiger partial charge in [-0.25, -0.2) is 9.80 Å². The SMILES string of the molecule is CC(C)C(O)(C(=O)NN(C(=O)Nc1ccccc1)c1ccccc1)C(C)C. The maximum absolute atomic E-state index is 12.9. The molecule has 27 heavy (non-hydrogen) atoms. The molecule has 0 atom stereocenters. The number of para-hydroxylation sites is 2. The minimum absolute atomic E-state index is 0.327. The molecular weight excluding hydrogens is 342 g/mol. The number of benzene rings is 2. The number of urea groups is 1. The number of amides is 3. The van der Waals surface area contributed by atoms with Crippen molar-refractivity contribution < 1.29 is 14.7 Å². The third-order valence-electron chi connectivity index (χ3n) is 4.58. The molecule has 2 aromatic carbocycles. The first-order chi connectivity index (χ1) is 12.8. The van der Waals surface area contributed by atoms with E-state index in [-0.39, 0.29) is 11.8 Å². The van der Waals surface area contributed by atoms with Gasteiger partial charge in [-0.3, -0.25) is 10.2 Å². The van der Waals surface area contributed by atoms with Crippen LogP contribution in [0.5, 0.6) is 0 Å². The van der Waals surface area contributed by atoms with E-state index in [9.17, 15) is 14.7 Å². The second kappa shape index (κ2) is 8.68. The fourth-order valence-electron chi connectivity index (χ4n) is 2.89. The molecule has 6 heteroatoms. The molecule has 0 fully saturated rings. The molecule has 0 spiro atoms. The molecule has 0 radical (unpaired) electrons. The number of rotatable bonds is 5. The van der Waals surface area contributed by atoms with Gasteiger partial charge in [0.2, 0.25) is 0 Å². The third-order valence-corrected chi connectivity index (χ3v) is 4.58. The predicted octanol–water partition coefficient (Wildman–Crippen LogP) is 3.80. The van der Waals surface area contributed by atoms with Crippen LogP contribution in [-0.4, -0.2) is 22.6 Å². The summed E-state index contributed by atoms with van der Waals surface area (Å²) in [5.41, 5.74) is 2.06. The summed E-state index contributed by atoms with van der Waals surface area (Å²) >= 11 is 0. The van der Waals surface area contributed by atoms with E-state index in [1.807, 2.05) is 12.1 Å². The van der Waals surface area contributed by atoms with Crippen LogP contribution in [0, 0.1) is 11.8 Å². The molecule has 0 saturated heterocycles. The van der Waals surface area contributed by atoms with E-state index in [0.717, 1.165) is 5.01 Å². The van der Waals surface area contributed by atoms with Crippen LogP contribution in [0.3, 0.4) is 0 Å². The largest absolute Gasteiger partial charge is 0.379 e. The van der Waals surface area contributed by atoms with Gasteiger partial charge in [0.05, 0.1) is 5.69 Å². The van der Waals surface area contributed by atoms with Gasteiger partial charge in [-0.15, -0.1) is 0 Å². The van der Waals surface area contributed by atoms with Crippen molar-refractivity contribution in [1.29, 1.82) is 0 Å². The normalized spacial score (nSPS) is 11.4. The topological polar surface area (TPSA) is 81.7 Å². The fraction of sp³-hybridized carbons (Fsp3) is 0.333. The first kappa shape index (κ1) is 20.5. The number of aliphatic hydroxyl groups is 1. The molecule has 0 aliphatic rings. The van der Waals surface area contributed by atoms with E-state index in [0.29, 0.717) is 11.4 Å². The van der Waals surface area contributed by atoms with Crippen LogP contribution in [0.15, 0.2) is 60.7 Å². The van der Waals surface area contributed by atoms with Crippen molar-refractivity contribution in [3.8, 4) is 0 Å². The summed E-state index contributed by atoms with van der Waals surface area (Å²) in [7, 11) is 0. The minimum Gasteiger partial charge on any atom is -0.379 e. The summed E-state index contributed by atoms with van der Waals surface area (Å²) in [5, 5.41) is 14.8. The van der Waals surface area contributed by atoms with Crippen LogP contribution in [0.2, 0.25) is 0 Å². The Morgan fingerprint density at radius 3 is 1.85 bits per heavy atom. The van der Waals surface area contributed by atoms with Gasteiger partial charge in [0.25, 0.3) is 5.91 Å². The highest BCUT2D eigenvalue weighted by Gasteiger charge is 2.43. The van der Waals surface area contributed by atoms with E-state index >= 15 is 0 Å². The summed E-state index contributed by atoms with van der Waals surface area (Å²) in [6.45, 7) is 7.10. The van der Waals surface area contributed by atoms with Crippen LogP contribution < -0.4 is 15.8 Å². The third kappa shape index (κ3) is 4.65. The molecule has 144 valence electrons. The quantitative estimate of drug-likeness (QED) is 0.701. The summed E-state index contributed by atoms with van der Waals surface area (Å²) in [5.74, 6) is -1.28. The van der Waals surface area contributed by atoms with Gasteiger partial charge < -0.3 is 10.4 Å². The van der Waals surface area contributed by atoms with Crippen molar-refractivity contribution in [2.24, 2.45) is 11.8 Å². The number of hydrogen-bond donors (Lipinski definition) is 3. The van der Waals surface area contributed by atoms with Crippen molar-refractivity contribution in [2.45, 2.75) is 33.3 Å². The van der Waals surface area contributed by atoms with E-state index in [1.54, 1.807) is 76.2 Å². The fourth-order valence-corrected chi connectivity index (χ4v) is 2.89. The van der Waals surface area contributed by atoms with E-state index in [4.69, 9.17) is 0 Å². The Hall–Kier alpha value is -2.86. The van der Waals surface area contributed by atoms with Crippen LogP contribution >= 0.6 is 0 Å². The van der Waals surface area contributed by atoms with Crippen molar-refractivity contribution >= 4 is 23.3 Å².